The Morgan fingerprint density at radius 1 is 1.33 bits per heavy atom. The summed E-state index contributed by atoms with van der Waals surface area (Å²) in [5, 5.41) is 4.81. The van der Waals surface area contributed by atoms with E-state index in [2.05, 4.69) is 37.9 Å². The third-order valence-electron chi connectivity index (χ3n) is 4.27. The smallest absolute Gasteiger partial charge is 0.186 e. The molecule has 0 spiro atoms. The second-order valence-electron chi connectivity index (χ2n) is 6.39. The van der Waals surface area contributed by atoms with Crippen molar-refractivity contribution in [1.29, 1.82) is 0 Å². The Labute approximate surface area is 134 Å². The summed E-state index contributed by atoms with van der Waals surface area (Å²) in [5.41, 5.74) is 1.30. The lowest BCUT2D eigenvalue weighted by Crippen LogP contribution is -2.39. The minimum absolute atomic E-state index is 0.531. The molecule has 1 aliphatic heterocycles. The monoisotopic (exact) mass is 309 g/mol. The number of hydrogen-bond acceptors (Lipinski definition) is 4. The molecule has 1 aromatic heterocycles. The molecule has 4 heteroatoms. The SMILES string of the molecule is CCCC1CCCCN1c1nc(CC)c(CNC(C)C)s1. The van der Waals surface area contributed by atoms with Crippen molar-refractivity contribution in [3.8, 4) is 0 Å². The number of thiazole rings is 1. The highest BCUT2D eigenvalue weighted by Gasteiger charge is 2.25. The van der Waals surface area contributed by atoms with Crippen molar-refractivity contribution in [2.45, 2.75) is 84.8 Å². The van der Waals surface area contributed by atoms with Crippen molar-refractivity contribution in [2.75, 3.05) is 11.4 Å². The van der Waals surface area contributed by atoms with E-state index >= 15 is 0 Å². The lowest BCUT2D eigenvalue weighted by Gasteiger charge is -2.35. The van der Waals surface area contributed by atoms with Gasteiger partial charge in [0.2, 0.25) is 0 Å². The summed E-state index contributed by atoms with van der Waals surface area (Å²) in [4.78, 5) is 8.99. The molecule has 0 amide bonds. The van der Waals surface area contributed by atoms with Gasteiger partial charge in [0.15, 0.2) is 5.13 Å². The van der Waals surface area contributed by atoms with Gasteiger partial charge in [0.25, 0.3) is 0 Å². The maximum atomic E-state index is 4.97. The first-order chi connectivity index (χ1) is 10.2. The van der Waals surface area contributed by atoms with Crippen LogP contribution in [0.3, 0.4) is 0 Å². The second-order valence-corrected chi connectivity index (χ2v) is 7.45. The van der Waals surface area contributed by atoms with Gasteiger partial charge in [-0.05, 0) is 32.1 Å². The van der Waals surface area contributed by atoms with Crippen LogP contribution < -0.4 is 10.2 Å². The Balaban J connectivity index is 2.14. The molecule has 0 aliphatic carbocycles. The Kier molecular flexibility index (Phi) is 6.49. The minimum Gasteiger partial charge on any atom is -0.345 e. The summed E-state index contributed by atoms with van der Waals surface area (Å²) in [6, 6.07) is 1.24. The number of piperidine rings is 1. The third-order valence-corrected chi connectivity index (χ3v) is 5.40. The van der Waals surface area contributed by atoms with Gasteiger partial charge in [-0.15, -0.1) is 11.3 Å². The number of aromatic nitrogens is 1. The van der Waals surface area contributed by atoms with Crippen LogP contribution in [-0.2, 0) is 13.0 Å². The highest BCUT2D eigenvalue weighted by atomic mass is 32.1. The first kappa shape index (κ1) is 16.8. The average Bonchev–Trinajstić information content (AvgIpc) is 2.89. The van der Waals surface area contributed by atoms with Crippen LogP contribution in [-0.4, -0.2) is 23.6 Å². The van der Waals surface area contributed by atoms with Crippen molar-refractivity contribution in [3.05, 3.63) is 10.6 Å². The molecule has 1 fully saturated rings. The Morgan fingerprint density at radius 2 is 2.14 bits per heavy atom. The molecule has 0 aromatic carbocycles. The van der Waals surface area contributed by atoms with Gasteiger partial charge in [0.05, 0.1) is 5.69 Å². The van der Waals surface area contributed by atoms with E-state index in [0.717, 1.165) is 13.0 Å². The zero-order valence-corrected chi connectivity index (χ0v) is 14.9. The zero-order valence-electron chi connectivity index (χ0n) is 14.1. The molecule has 120 valence electrons. The highest BCUT2D eigenvalue weighted by Crippen LogP contribution is 2.32. The van der Waals surface area contributed by atoms with E-state index in [4.69, 9.17) is 4.98 Å². The molecule has 1 aromatic rings. The molecule has 1 N–H and O–H groups in total. The van der Waals surface area contributed by atoms with Crippen molar-refractivity contribution >= 4 is 16.5 Å². The van der Waals surface area contributed by atoms with Crippen molar-refractivity contribution in [3.63, 3.8) is 0 Å². The fourth-order valence-corrected chi connectivity index (χ4v) is 4.29. The van der Waals surface area contributed by atoms with Gasteiger partial charge in [-0.2, -0.15) is 0 Å². The number of nitrogens with one attached hydrogen (secondary N) is 1. The van der Waals surface area contributed by atoms with Gasteiger partial charge in [-0.1, -0.05) is 34.1 Å². The normalized spacial score (nSPS) is 19.5. The van der Waals surface area contributed by atoms with E-state index in [1.165, 1.54) is 54.4 Å². The number of aryl methyl sites for hydroxylation is 1. The summed E-state index contributed by atoms with van der Waals surface area (Å²) in [7, 11) is 0. The topological polar surface area (TPSA) is 28.2 Å². The van der Waals surface area contributed by atoms with E-state index in [1.54, 1.807) is 0 Å². The van der Waals surface area contributed by atoms with Crippen LogP contribution in [0.25, 0.3) is 0 Å². The average molecular weight is 310 g/mol. The summed E-state index contributed by atoms with van der Waals surface area (Å²) >= 11 is 1.91. The van der Waals surface area contributed by atoms with Gasteiger partial charge >= 0.3 is 0 Å². The predicted molar refractivity (Wildman–Crippen MR) is 93.4 cm³/mol. The van der Waals surface area contributed by atoms with Crippen molar-refractivity contribution in [2.24, 2.45) is 0 Å². The van der Waals surface area contributed by atoms with E-state index in [-0.39, 0.29) is 0 Å². The Bertz CT molecular complexity index is 426. The molecule has 2 rings (SSSR count). The highest BCUT2D eigenvalue weighted by molar-refractivity contribution is 7.15. The first-order valence-electron chi connectivity index (χ1n) is 8.64. The van der Waals surface area contributed by atoms with Crippen LogP contribution in [0.1, 0.15) is 70.4 Å². The third kappa shape index (κ3) is 4.43. The maximum absolute atomic E-state index is 4.97. The summed E-state index contributed by atoms with van der Waals surface area (Å²) in [6.45, 7) is 11.1. The van der Waals surface area contributed by atoms with Crippen LogP contribution in [0.15, 0.2) is 0 Å². The number of rotatable bonds is 7. The first-order valence-corrected chi connectivity index (χ1v) is 9.45. The van der Waals surface area contributed by atoms with E-state index in [0.29, 0.717) is 12.1 Å². The Hall–Kier alpha value is -0.610. The standard InChI is InChI=1S/C17H31N3S/c1-5-9-14-10-7-8-11-20(14)17-19-15(6-2)16(21-17)12-18-13(3)4/h13-14,18H,5-12H2,1-4H3. The minimum atomic E-state index is 0.531. The van der Waals surface area contributed by atoms with Crippen LogP contribution in [0.4, 0.5) is 5.13 Å². The molecular weight excluding hydrogens is 278 g/mol. The Morgan fingerprint density at radius 3 is 2.81 bits per heavy atom. The van der Waals surface area contributed by atoms with E-state index in [9.17, 15) is 0 Å². The molecule has 0 radical (unpaired) electrons. The fourth-order valence-electron chi connectivity index (χ4n) is 3.09. The predicted octanol–water partition coefficient (Wildman–Crippen LogP) is 4.36. The molecule has 3 nitrogen and oxygen atoms in total. The molecule has 0 bridgehead atoms. The molecule has 1 unspecified atom stereocenters. The van der Waals surface area contributed by atoms with Gasteiger partial charge in [-0.3, -0.25) is 0 Å². The molecule has 1 aliphatic rings. The number of hydrogen-bond donors (Lipinski definition) is 1. The molecule has 2 heterocycles. The van der Waals surface area contributed by atoms with Crippen molar-refractivity contribution < 1.29 is 0 Å². The van der Waals surface area contributed by atoms with E-state index in [1.807, 2.05) is 11.3 Å². The van der Waals surface area contributed by atoms with Gasteiger partial charge < -0.3 is 10.2 Å². The van der Waals surface area contributed by atoms with Gasteiger partial charge in [0.1, 0.15) is 0 Å². The number of nitrogens with zero attached hydrogens (tertiary/aromatic N) is 2. The van der Waals surface area contributed by atoms with Crippen molar-refractivity contribution in [1.82, 2.24) is 10.3 Å². The summed E-state index contributed by atoms with van der Waals surface area (Å²) in [6.07, 6.45) is 7.66. The lowest BCUT2D eigenvalue weighted by molar-refractivity contribution is 0.434. The van der Waals surface area contributed by atoms with Crippen LogP contribution in [0.5, 0.6) is 0 Å². The van der Waals surface area contributed by atoms with Gasteiger partial charge in [-0.25, -0.2) is 4.98 Å². The van der Waals surface area contributed by atoms with Gasteiger partial charge in [0, 0.05) is 30.1 Å². The molecule has 1 atom stereocenters. The quantitative estimate of drug-likeness (QED) is 0.811. The summed E-state index contributed by atoms with van der Waals surface area (Å²) in [5.74, 6) is 0. The lowest BCUT2D eigenvalue weighted by atomic mass is 9.99. The van der Waals surface area contributed by atoms with Crippen LogP contribution in [0, 0.1) is 0 Å². The molecule has 1 saturated heterocycles. The zero-order chi connectivity index (χ0) is 15.2. The van der Waals surface area contributed by atoms with Crippen LogP contribution in [0.2, 0.25) is 0 Å². The fraction of sp³-hybridized carbons (Fsp3) is 0.824. The largest absolute Gasteiger partial charge is 0.345 e. The van der Waals surface area contributed by atoms with E-state index < -0.39 is 0 Å². The summed E-state index contributed by atoms with van der Waals surface area (Å²) < 4.78 is 0. The molecular formula is C17H31N3S. The second kappa shape index (κ2) is 8.14. The molecule has 0 saturated carbocycles. The van der Waals surface area contributed by atoms with Crippen LogP contribution >= 0.6 is 11.3 Å². The molecule has 21 heavy (non-hydrogen) atoms. The maximum Gasteiger partial charge on any atom is 0.186 e. The number of anilines is 1.